The third kappa shape index (κ3) is 4.45. The quantitative estimate of drug-likeness (QED) is 0.714. The molecule has 1 N–H and O–H groups in total. The van der Waals surface area contributed by atoms with Crippen LogP contribution in [0.15, 0.2) is 35.4 Å². The Morgan fingerprint density at radius 2 is 1.94 bits per heavy atom. The van der Waals surface area contributed by atoms with Crippen LogP contribution in [0.3, 0.4) is 0 Å². The molecule has 1 aromatic carbocycles. The molecule has 4 rings (SSSR count). The van der Waals surface area contributed by atoms with Crippen LogP contribution in [0.1, 0.15) is 22.8 Å². The number of nitrogens with one attached hydrogen (secondary N) is 1. The number of hydrogen-bond donors (Lipinski definition) is 1. The fraction of sp³-hybridized carbons (Fsp3) is 0.350. The summed E-state index contributed by atoms with van der Waals surface area (Å²) in [7, 11) is 0. The number of rotatable bonds is 2. The van der Waals surface area contributed by atoms with Gasteiger partial charge in [0, 0.05) is 42.8 Å². The van der Waals surface area contributed by atoms with E-state index in [2.05, 4.69) is 10.3 Å². The molecule has 0 bridgehead atoms. The number of hydrogen-bond acceptors (Lipinski definition) is 5. The van der Waals surface area contributed by atoms with Crippen LogP contribution in [0.5, 0.6) is 0 Å². The van der Waals surface area contributed by atoms with Gasteiger partial charge in [-0.05, 0) is 31.2 Å². The Kier molecular flexibility index (Phi) is 5.78. The van der Waals surface area contributed by atoms with Crippen molar-refractivity contribution in [3.8, 4) is 0 Å². The molecule has 31 heavy (non-hydrogen) atoms. The molecule has 1 aromatic heterocycles. The molecular weight excluding hydrogens is 453 g/mol. The molecule has 6 nitrogen and oxygen atoms in total. The second-order valence-electron chi connectivity index (χ2n) is 7.27. The number of fused-ring (bicyclic) bond motifs is 1. The van der Waals surface area contributed by atoms with Crippen molar-refractivity contribution in [2.75, 3.05) is 36.4 Å². The Hall–Kier alpha value is -2.46. The number of nitrogens with zero attached hydrogens (tertiary/aromatic N) is 3. The monoisotopic (exact) mass is 470 g/mol. The maximum absolute atomic E-state index is 12.9. The molecule has 2 amide bonds. The minimum atomic E-state index is -4.51. The molecule has 2 aromatic rings. The number of carbonyl (C=O) groups is 2. The van der Waals surface area contributed by atoms with E-state index in [9.17, 15) is 22.8 Å². The first-order chi connectivity index (χ1) is 14.6. The highest BCUT2D eigenvalue weighted by atomic mass is 35.5. The Labute approximate surface area is 185 Å². The summed E-state index contributed by atoms with van der Waals surface area (Å²) < 4.78 is 38.4. The first-order valence-corrected chi connectivity index (χ1v) is 10.8. The second-order valence-corrected chi connectivity index (χ2v) is 9.06. The number of alkyl halides is 3. The topological polar surface area (TPSA) is 65.5 Å². The van der Waals surface area contributed by atoms with Crippen LogP contribution < -0.4 is 10.2 Å². The normalized spacial score (nSPS) is 19.1. The maximum atomic E-state index is 12.9. The summed E-state index contributed by atoms with van der Waals surface area (Å²) in [6.07, 6.45) is -3.75. The lowest BCUT2D eigenvalue weighted by atomic mass is 10.1. The molecule has 0 spiro atoms. The van der Waals surface area contributed by atoms with Crippen molar-refractivity contribution >= 4 is 46.7 Å². The Morgan fingerprint density at radius 1 is 1.23 bits per heavy atom. The van der Waals surface area contributed by atoms with Gasteiger partial charge in [0.25, 0.3) is 5.91 Å². The van der Waals surface area contributed by atoms with Crippen LogP contribution in [0, 0.1) is 0 Å². The lowest BCUT2D eigenvalue weighted by molar-refractivity contribution is -0.137. The van der Waals surface area contributed by atoms with Gasteiger partial charge in [0.1, 0.15) is 5.82 Å². The van der Waals surface area contributed by atoms with E-state index < -0.39 is 11.7 Å². The zero-order valence-corrected chi connectivity index (χ0v) is 17.9. The van der Waals surface area contributed by atoms with E-state index in [1.54, 1.807) is 21.9 Å². The molecule has 3 heterocycles. The van der Waals surface area contributed by atoms with Crippen molar-refractivity contribution < 1.29 is 22.8 Å². The minimum absolute atomic E-state index is 0.0771. The zero-order chi connectivity index (χ0) is 22.3. The molecule has 11 heteroatoms. The number of benzene rings is 1. The summed E-state index contributed by atoms with van der Waals surface area (Å²) in [6, 6.07) is 6.10. The van der Waals surface area contributed by atoms with Gasteiger partial charge in [-0.3, -0.25) is 9.59 Å². The highest BCUT2D eigenvalue weighted by Gasteiger charge is 2.33. The molecule has 1 unspecified atom stereocenters. The Morgan fingerprint density at radius 3 is 2.58 bits per heavy atom. The summed E-state index contributed by atoms with van der Waals surface area (Å²) >= 11 is 7.48. The first-order valence-electron chi connectivity index (χ1n) is 9.52. The summed E-state index contributed by atoms with van der Waals surface area (Å²) in [5.74, 6) is -0.00664. The van der Waals surface area contributed by atoms with E-state index in [0.717, 1.165) is 17.2 Å². The van der Waals surface area contributed by atoms with Crippen LogP contribution in [0.2, 0.25) is 5.02 Å². The molecule has 1 fully saturated rings. The number of anilines is 2. The second kappa shape index (κ2) is 8.23. The number of piperazine rings is 1. The number of aromatic nitrogens is 1. The zero-order valence-electron chi connectivity index (χ0n) is 16.4. The van der Waals surface area contributed by atoms with Gasteiger partial charge < -0.3 is 15.1 Å². The van der Waals surface area contributed by atoms with Crippen LogP contribution in [0.4, 0.5) is 24.7 Å². The van der Waals surface area contributed by atoms with Gasteiger partial charge in [-0.2, -0.15) is 13.2 Å². The number of thioether (sulfide) groups is 1. The molecule has 0 radical (unpaired) electrons. The molecule has 0 saturated carbocycles. The predicted octanol–water partition coefficient (Wildman–Crippen LogP) is 4.15. The summed E-state index contributed by atoms with van der Waals surface area (Å²) in [6.45, 7) is 3.33. The average molecular weight is 471 g/mol. The minimum Gasteiger partial charge on any atom is -0.352 e. The van der Waals surface area contributed by atoms with E-state index in [1.165, 1.54) is 11.8 Å². The van der Waals surface area contributed by atoms with Gasteiger partial charge in [0.15, 0.2) is 0 Å². The van der Waals surface area contributed by atoms with Crippen molar-refractivity contribution in [3.63, 3.8) is 0 Å². The SMILES string of the molecule is CC1Sc2ccc(C(=O)N3CCN(c4ncc(C(F)(F)F)cc4Cl)CC3)cc2NC1=O. The van der Waals surface area contributed by atoms with Crippen molar-refractivity contribution in [2.45, 2.75) is 23.2 Å². The van der Waals surface area contributed by atoms with Gasteiger partial charge in [-0.1, -0.05) is 11.6 Å². The fourth-order valence-electron chi connectivity index (χ4n) is 3.46. The van der Waals surface area contributed by atoms with E-state index in [1.807, 2.05) is 13.0 Å². The number of halogens is 4. The van der Waals surface area contributed by atoms with Crippen molar-refractivity contribution in [1.82, 2.24) is 9.88 Å². The van der Waals surface area contributed by atoms with Crippen LogP contribution in [-0.2, 0) is 11.0 Å². The number of pyridine rings is 1. The van der Waals surface area contributed by atoms with Crippen molar-refractivity contribution in [3.05, 3.63) is 46.6 Å². The smallest absolute Gasteiger partial charge is 0.352 e. The molecular formula is C20H18ClF3N4O2S. The standard InChI is InChI=1S/C20H18ClF3N4O2S/c1-11-18(29)26-15-8-12(2-3-16(15)31-11)19(30)28-6-4-27(5-7-28)17-14(21)9-13(10-25-17)20(22,23)24/h2-3,8-11H,4-7H2,1H3,(H,26,29). The van der Waals surface area contributed by atoms with Crippen molar-refractivity contribution in [1.29, 1.82) is 0 Å². The predicted molar refractivity (Wildman–Crippen MR) is 113 cm³/mol. The van der Waals surface area contributed by atoms with Gasteiger partial charge in [-0.25, -0.2) is 4.98 Å². The van der Waals surface area contributed by atoms with Gasteiger partial charge in [-0.15, -0.1) is 11.8 Å². The average Bonchev–Trinajstić information content (AvgIpc) is 2.73. The number of carbonyl (C=O) groups excluding carboxylic acids is 2. The van der Waals surface area contributed by atoms with E-state index in [-0.39, 0.29) is 27.9 Å². The molecule has 1 atom stereocenters. The summed E-state index contributed by atoms with van der Waals surface area (Å²) in [5, 5.41) is 2.55. The molecule has 1 saturated heterocycles. The first kappa shape index (κ1) is 21.8. The lowest BCUT2D eigenvalue weighted by Crippen LogP contribution is -2.49. The van der Waals surface area contributed by atoms with E-state index >= 15 is 0 Å². The number of amides is 2. The molecule has 2 aliphatic heterocycles. The van der Waals surface area contributed by atoms with Crippen LogP contribution in [-0.4, -0.2) is 53.1 Å². The molecule has 0 aliphatic carbocycles. The third-order valence-corrected chi connectivity index (χ3v) is 6.63. The van der Waals surface area contributed by atoms with Gasteiger partial charge in [0.05, 0.1) is 21.5 Å². The molecule has 2 aliphatic rings. The van der Waals surface area contributed by atoms with Gasteiger partial charge in [0.2, 0.25) is 5.91 Å². The van der Waals surface area contributed by atoms with Crippen LogP contribution >= 0.6 is 23.4 Å². The maximum Gasteiger partial charge on any atom is 0.417 e. The van der Waals surface area contributed by atoms with Crippen LogP contribution in [0.25, 0.3) is 0 Å². The molecule has 164 valence electrons. The largest absolute Gasteiger partial charge is 0.417 e. The summed E-state index contributed by atoms with van der Waals surface area (Å²) in [4.78, 5) is 33.0. The van der Waals surface area contributed by atoms with Gasteiger partial charge >= 0.3 is 6.18 Å². The third-order valence-electron chi connectivity index (χ3n) is 5.17. The van der Waals surface area contributed by atoms with E-state index in [0.29, 0.717) is 37.4 Å². The Balaban J connectivity index is 1.43. The fourth-order valence-corrected chi connectivity index (χ4v) is 4.68. The highest BCUT2D eigenvalue weighted by Crippen LogP contribution is 2.36. The van der Waals surface area contributed by atoms with E-state index in [4.69, 9.17) is 11.6 Å². The lowest BCUT2D eigenvalue weighted by Gasteiger charge is -2.36. The van der Waals surface area contributed by atoms with Crippen molar-refractivity contribution in [2.24, 2.45) is 0 Å². The summed E-state index contributed by atoms with van der Waals surface area (Å²) in [5.41, 5.74) is 0.189. The Bertz CT molecular complexity index is 1040. The highest BCUT2D eigenvalue weighted by molar-refractivity contribution is 8.00.